The van der Waals surface area contributed by atoms with Gasteiger partial charge in [0, 0.05) is 24.1 Å². The Kier molecular flexibility index (Phi) is 7.20. The van der Waals surface area contributed by atoms with Crippen molar-refractivity contribution in [2.24, 2.45) is 0 Å². The lowest BCUT2D eigenvalue weighted by Gasteiger charge is -2.33. The third-order valence-corrected chi connectivity index (χ3v) is 6.59. The Morgan fingerprint density at radius 2 is 1.68 bits per heavy atom. The normalized spacial score (nSPS) is 17.8. The zero-order valence-electron chi connectivity index (χ0n) is 19.0. The first kappa shape index (κ1) is 23.8. The molecule has 0 radical (unpaired) electrons. The summed E-state index contributed by atoms with van der Waals surface area (Å²) in [6, 6.07) is 30.5. The van der Waals surface area contributed by atoms with E-state index in [1.165, 1.54) is 16.3 Å². The van der Waals surface area contributed by atoms with Crippen molar-refractivity contribution in [3.63, 3.8) is 0 Å². The summed E-state index contributed by atoms with van der Waals surface area (Å²) in [6.45, 7) is 2.92. The van der Waals surface area contributed by atoms with Crippen LogP contribution in [0.3, 0.4) is 0 Å². The molecule has 2 N–H and O–H groups in total. The molecule has 0 amide bonds. The molecule has 0 bridgehead atoms. The Labute approximate surface area is 206 Å². The van der Waals surface area contributed by atoms with E-state index in [1.54, 1.807) is 12.1 Å². The van der Waals surface area contributed by atoms with E-state index in [1.807, 2.05) is 30.3 Å². The number of carboxylic acid groups (broad SMARTS) is 1. The molecule has 0 aliphatic carbocycles. The van der Waals surface area contributed by atoms with E-state index >= 15 is 0 Å². The third kappa shape index (κ3) is 4.79. The number of carboxylic acids is 1. The molecular formula is C29H28ClNO3. The Bertz CT molecular complexity index is 1280. The number of benzene rings is 4. The topological polar surface area (TPSA) is 58.6 Å². The highest BCUT2D eigenvalue weighted by Gasteiger charge is 2.29. The Morgan fingerprint density at radius 1 is 0.971 bits per heavy atom. The maximum absolute atomic E-state index is 11.3. The summed E-state index contributed by atoms with van der Waals surface area (Å²) in [5.74, 6) is 0.163. The molecule has 0 saturated carbocycles. The number of hydrogen-bond acceptors (Lipinski definition) is 3. The van der Waals surface area contributed by atoms with Crippen molar-refractivity contribution in [2.75, 3.05) is 6.54 Å². The van der Waals surface area contributed by atoms with Gasteiger partial charge in [0.1, 0.15) is 11.9 Å². The van der Waals surface area contributed by atoms with E-state index in [0.717, 1.165) is 29.8 Å². The molecule has 0 saturated heterocycles. The summed E-state index contributed by atoms with van der Waals surface area (Å²) < 4.78 is 6.36. The highest BCUT2D eigenvalue weighted by Crippen LogP contribution is 2.40. The average Bonchev–Trinajstić information content (AvgIpc) is 2.86. The highest BCUT2D eigenvalue weighted by molar-refractivity contribution is 5.87. The fourth-order valence-corrected chi connectivity index (χ4v) is 4.84. The van der Waals surface area contributed by atoms with Gasteiger partial charge in [0.2, 0.25) is 0 Å². The zero-order chi connectivity index (χ0) is 22.8. The molecule has 5 rings (SSSR count). The van der Waals surface area contributed by atoms with E-state index in [0.29, 0.717) is 5.56 Å². The quantitative estimate of drug-likeness (QED) is 0.331. The number of hydrogen-bond donors (Lipinski definition) is 2. The van der Waals surface area contributed by atoms with Crippen LogP contribution < -0.4 is 10.1 Å². The molecule has 174 valence electrons. The monoisotopic (exact) mass is 473 g/mol. The number of para-hydroxylation sites is 1. The van der Waals surface area contributed by atoms with E-state index < -0.39 is 5.97 Å². The van der Waals surface area contributed by atoms with Gasteiger partial charge in [-0.25, -0.2) is 4.79 Å². The number of halogens is 1. The average molecular weight is 474 g/mol. The van der Waals surface area contributed by atoms with Crippen LogP contribution in [0.15, 0.2) is 91.0 Å². The fourth-order valence-electron chi connectivity index (χ4n) is 4.84. The van der Waals surface area contributed by atoms with Crippen LogP contribution in [0.25, 0.3) is 10.8 Å². The van der Waals surface area contributed by atoms with Crippen LogP contribution >= 0.6 is 12.4 Å². The number of nitrogens with one attached hydrogen (secondary N) is 1. The highest BCUT2D eigenvalue weighted by atomic mass is 35.5. The molecule has 3 atom stereocenters. The lowest BCUT2D eigenvalue weighted by Crippen LogP contribution is -2.37. The molecule has 1 aliphatic heterocycles. The molecule has 5 heteroatoms. The maximum Gasteiger partial charge on any atom is 0.335 e. The number of aromatic carboxylic acids is 1. The first-order valence-electron chi connectivity index (χ1n) is 11.4. The van der Waals surface area contributed by atoms with Gasteiger partial charge in [-0.3, -0.25) is 0 Å². The van der Waals surface area contributed by atoms with Crippen LogP contribution in [0, 0.1) is 0 Å². The largest absolute Gasteiger partial charge is 0.489 e. The second-order valence-electron chi connectivity index (χ2n) is 8.69. The predicted octanol–water partition coefficient (Wildman–Crippen LogP) is 6.59. The molecule has 1 heterocycles. The lowest BCUT2D eigenvalue weighted by atomic mass is 9.84. The smallest absolute Gasteiger partial charge is 0.335 e. The Balaban J connectivity index is 0.00000274. The van der Waals surface area contributed by atoms with Gasteiger partial charge in [-0.1, -0.05) is 72.8 Å². The number of carbonyl (C=O) groups is 1. The molecule has 34 heavy (non-hydrogen) atoms. The van der Waals surface area contributed by atoms with Crippen molar-refractivity contribution in [3.05, 3.63) is 113 Å². The molecule has 0 spiro atoms. The van der Waals surface area contributed by atoms with Gasteiger partial charge in [-0.05, 0) is 53.4 Å². The summed E-state index contributed by atoms with van der Waals surface area (Å²) in [7, 11) is 0. The zero-order valence-corrected chi connectivity index (χ0v) is 19.8. The molecular weight excluding hydrogens is 446 g/mol. The molecule has 4 nitrogen and oxygen atoms in total. The van der Waals surface area contributed by atoms with Gasteiger partial charge in [0.15, 0.2) is 0 Å². The molecule has 0 aromatic heterocycles. The van der Waals surface area contributed by atoms with Crippen molar-refractivity contribution >= 4 is 29.1 Å². The van der Waals surface area contributed by atoms with Gasteiger partial charge in [-0.15, -0.1) is 12.4 Å². The van der Waals surface area contributed by atoms with Crippen molar-refractivity contribution in [3.8, 4) is 5.75 Å². The predicted molar refractivity (Wildman–Crippen MR) is 138 cm³/mol. The molecule has 2 unspecified atom stereocenters. The first-order valence-corrected chi connectivity index (χ1v) is 11.4. The number of ether oxygens (including phenoxy) is 1. The minimum Gasteiger partial charge on any atom is -0.489 e. The summed E-state index contributed by atoms with van der Waals surface area (Å²) in [5.41, 5.74) is 3.85. The second-order valence-corrected chi connectivity index (χ2v) is 8.69. The van der Waals surface area contributed by atoms with Crippen LogP contribution in [0.4, 0.5) is 0 Å². The van der Waals surface area contributed by atoms with Crippen LogP contribution in [-0.4, -0.2) is 23.7 Å². The molecule has 4 aromatic rings. The summed E-state index contributed by atoms with van der Waals surface area (Å²) >= 11 is 0. The summed E-state index contributed by atoms with van der Waals surface area (Å²) in [4.78, 5) is 11.3. The van der Waals surface area contributed by atoms with Gasteiger partial charge < -0.3 is 15.2 Å². The van der Waals surface area contributed by atoms with E-state index in [2.05, 4.69) is 60.8 Å². The Hall–Kier alpha value is -3.34. The third-order valence-electron chi connectivity index (χ3n) is 6.59. The Morgan fingerprint density at radius 3 is 2.47 bits per heavy atom. The molecule has 0 fully saturated rings. The molecule has 1 aliphatic rings. The summed E-state index contributed by atoms with van der Waals surface area (Å²) in [5, 5.41) is 15.4. The summed E-state index contributed by atoms with van der Waals surface area (Å²) in [6.07, 6.45) is 0.847. The fraction of sp³-hybridized carbons (Fsp3) is 0.207. The van der Waals surface area contributed by atoms with Crippen molar-refractivity contribution in [1.82, 2.24) is 5.32 Å². The lowest BCUT2D eigenvalue weighted by molar-refractivity contribution is 0.0697. The van der Waals surface area contributed by atoms with E-state index in [4.69, 9.17) is 4.74 Å². The van der Waals surface area contributed by atoms with E-state index in [9.17, 15) is 9.90 Å². The van der Waals surface area contributed by atoms with Crippen molar-refractivity contribution < 1.29 is 14.6 Å². The van der Waals surface area contributed by atoms with Crippen LogP contribution in [0.5, 0.6) is 5.75 Å². The van der Waals surface area contributed by atoms with Gasteiger partial charge in [-0.2, -0.15) is 0 Å². The van der Waals surface area contributed by atoms with Crippen LogP contribution in [-0.2, 0) is 0 Å². The minimum atomic E-state index is -0.904. The van der Waals surface area contributed by atoms with Gasteiger partial charge in [0.05, 0.1) is 5.56 Å². The van der Waals surface area contributed by atoms with Crippen LogP contribution in [0.1, 0.15) is 52.4 Å². The first-order chi connectivity index (χ1) is 16.1. The standard InChI is InChI=1S/C29H27NO3.ClH/c1-19(24-11-6-8-20-7-2-3-9-25(20)24)30-18-23-17-27(26-10-4-5-12-28(26)33-23)21-13-15-22(16-14-21)29(31)32;/h2-16,19,23,27,30H,17-18H2,1H3,(H,31,32);1H/t19-,23?,27?;/m1./s1. The van der Waals surface area contributed by atoms with Crippen molar-refractivity contribution in [1.29, 1.82) is 0 Å². The minimum absolute atomic E-state index is 0. The van der Waals surface area contributed by atoms with Gasteiger partial charge >= 0.3 is 5.97 Å². The molecule has 4 aromatic carbocycles. The van der Waals surface area contributed by atoms with Gasteiger partial charge in [0.25, 0.3) is 0 Å². The van der Waals surface area contributed by atoms with Crippen molar-refractivity contribution in [2.45, 2.75) is 31.4 Å². The number of fused-ring (bicyclic) bond motifs is 2. The SMILES string of the molecule is C[C@@H](NCC1CC(c2ccc(C(=O)O)cc2)c2ccccc2O1)c1cccc2ccccc12.Cl. The van der Waals surface area contributed by atoms with Crippen LogP contribution in [0.2, 0.25) is 0 Å². The second kappa shape index (κ2) is 10.3. The maximum atomic E-state index is 11.3. The number of rotatable bonds is 6. The van der Waals surface area contributed by atoms with E-state index in [-0.39, 0.29) is 30.5 Å².